The van der Waals surface area contributed by atoms with Gasteiger partial charge in [0.25, 0.3) is 0 Å². The number of alkyl halides is 3. The van der Waals surface area contributed by atoms with Crippen molar-refractivity contribution in [3.63, 3.8) is 0 Å². The molecule has 0 aromatic heterocycles. The number of nitrogens with zero attached hydrogens (tertiary/aromatic N) is 2. The van der Waals surface area contributed by atoms with Gasteiger partial charge in [0.1, 0.15) is 23.2 Å². The summed E-state index contributed by atoms with van der Waals surface area (Å²) >= 11 is 0. The van der Waals surface area contributed by atoms with Crippen molar-refractivity contribution in [1.29, 1.82) is 0 Å². The largest absolute Gasteiger partial charge is 0.497 e. The van der Waals surface area contributed by atoms with Gasteiger partial charge in [-0.05, 0) is 110 Å². The van der Waals surface area contributed by atoms with Crippen LogP contribution in [0.1, 0.15) is 91.7 Å². The Balaban J connectivity index is 1.45. The third-order valence-electron chi connectivity index (χ3n) is 9.56. The Labute approximate surface area is 285 Å². The Bertz CT molecular complexity index is 1330. The number of piperidine rings is 1. The summed E-state index contributed by atoms with van der Waals surface area (Å²) in [5.41, 5.74) is -0.933. The summed E-state index contributed by atoms with van der Waals surface area (Å²) in [6, 6.07) is 15.8. The van der Waals surface area contributed by atoms with Crippen LogP contribution in [-0.2, 0) is 21.4 Å². The number of halogens is 3. The molecular formula is C38H55F3N2O5. The normalized spacial score (nSPS) is 20.9. The molecule has 4 rings (SSSR count). The summed E-state index contributed by atoms with van der Waals surface area (Å²) < 4.78 is 65.7. The number of likely N-dealkylation sites (tertiary alicyclic amines) is 1. The van der Waals surface area contributed by atoms with Gasteiger partial charge in [-0.1, -0.05) is 24.3 Å². The number of carbonyl (C=O) groups excluding carboxylic acids is 1. The van der Waals surface area contributed by atoms with E-state index in [1.807, 2.05) is 62.1 Å². The number of carbonyl (C=O) groups is 1. The SMILES string of the molecule is COc1ccc([C@]2(CCN(Cc3ccc(OC4CCN(C(=O)OC(C)(C)C)CC4)cc3)CC(C)(C)C(F)(F)F)CCOC(C)(C)C2)cc1. The Kier molecular flexibility index (Phi) is 11.7. The van der Waals surface area contributed by atoms with Gasteiger partial charge in [0.15, 0.2) is 0 Å². The molecule has 0 N–H and O–H groups in total. The van der Waals surface area contributed by atoms with E-state index in [0.29, 0.717) is 57.8 Å². The molecule has 2 saturated heterocycles. The molecule has 0 saturated carbocycles. The lowest BCUT2D eigenvalue weighted by Gasteiger charge is -2.46. The highest BCUT2D eigenvalue weighted by Gasteiger charge is 2.48. The number of amides is 1. The number of rotatable bonds is 11. The molecule has 7 nitrogen and oxygen atoms in total. The van der Waals surface area contributed by atoms with Crippen LogP contribution in [0.5, 0.6) is 11.5 Å². The van der Waals surface area contributed by atoms with Gasteiger partial charge >= 0.3 is 12.3 Å². The summed E-state index contributed by atoms with van der Waals surface area (Å²) in [6.45, 7) is 14.8. The lowest BCUT2D eigenvalue weighted by Crippen LogP contribution is -2.47. The van der Waals surface area contributed by atoms with Crippen LogP contribution >= 0.6 is 0 Å². The molecule has 1 amide bonds. The second-order valence-electron chi connectivity index (χ2n) is 15.8. The second kappa shape index (κ2) is 14.9. The summed E-state index contributed by atoms with van der Waals surface area (Å²) in [4.78, 5) is 16.1. The van der Waals surface area contributed by atoms with E-state index in [1.54, 1.807) is 12.0 Å². The second-order valence-corrected chi connectivity index (χ2v) is 15.8. The molecule has 2 aromatic rings. The van der Waals surface area contributed by atoms with Crippen molar-refractivity contribution in [2.45, 2.75) is 116 Å². The minimum atomic E-state index is -4.34. The van der Waals surface area contributed by atoms with Crippen molar-refractivity contribution < 1.29 is 36.9 Å². The molecule has 0 radical (unpaired) electrons. The molecule has 2 aliphatic rings. The van der Waals surface area contributed by atoms with E-state index in [4.69, 9.17) is 18.9 Å². The quantitative estimate of drug-likeness (QED) is 0.237. The Morgan fingerprint density at radius 1 is 0.958 bits per heavy atom. The van der Waals surface area contributed by atoms with Crippen molar-refractivity contribution in [3.8, 4) is 11.5 Å². The van der Waals surface area contributed by atoms with E-state index in [-0.39, 0.29) is 29.8 Å². The molecule has 1 atom stereocenters. The van der Waals surface area contributed by atoms with Crippen molar-refractivity contribution in [2.75, 3.05) is 39.9 Å². The van der Waals surface area contributed by atoms with Crippen LogP contribution in [0.2, 0.25) is 0 Å². The Hall–Kier alpha value is -2.98. The van der Waals surface area contributed by atoms with Crippen LogP contribution in [0.3, 0.4) is 0 Å². The average Bonchev–Trinajstić information content (AvgIpc) is 2.99. The van der Waals surface area contributed by atoms with Crippen LogP contribution < -0.4 is 9.47 Å². The molecule has 10 heteroatoms. The summed E-state index contributed by atoms with van der Waals surface area (Å²) in [5, 5.41) is 0. The first-order chi connectivity index (χ1) is 22.3. The van der Waals surface area contributed by atoms with Crippen molar-refractivity contribution >= 4 is 6.09 Å². The van der Waals surface area contributed by atoms with Gasteiger partial charge in [0.05, 0.1) is 18.1 Å². The lowest BCUT2D eigenvalue weighted by atomic mass is 9.67. The first kappa shape index (κ1) is 37.8. The van der Waals surface area contributed by atoms with Crippen LogP contribution in [0.15, 0.2) is 48.5 Å². The molecule has 0 aliphatic carbocycles. The van der Waals surface area contributed by atoms with E-state index in [0.717, 1.165) is 29.7 Å². The van der Waals surface area contributed by atoms with E-state index in [2.05, 4.69) is 26.0 Å². The molecule has 48 heavy (non-hydrogen) atoms. The van der Waals surface area contributed by atoms with Gasteiger partial charge < -0.3 is 23.8 Å². The molecule has 268 valence electrons. The summed E-state index contributed by atoms with van der Waals surface area (Å²) in [5.74, 6) is 1.48. The maximum atomic E-state index is 14.2. The zero-order valence-corrected chi connectivity index (χ0v) is 30.0. The van der Waals surface area contributed by atoms with Crippen LogP contribution in [-0.4, -0.2) is 79.3 Å². The fourth-order valence-electron chi connectivity index (χ4n) is 6.87. The minimum absolute atomic E-state index is 0.0310. The Morgan fingerprint density at radius 2 is 1.56 bits per heavy atom. The van der Waals surface area contributed by atoms with Crippen LogP contribution in [0, 0.1) is 5.41 Å². The molecule has 2 heterocycles. The zero-order valence-electron chi connectivity index (χ0n) is 30.0. The van der Waals surface area contributed by atoms with E-state index in [1.165, 1.54) is 13.8 Å². The number of hydrogen-bond acceptors (Lipinski definition) is 6. The smallest absolute Gasteiger partial charge is 0.410 e. The van der Waals surface area contributed by atoms with Gasteiger partial charge in [0.2, 0.25) is 0 Å². The lowest BCUT2D eigenvalue weighted by molar-refractivity contribution is -0.217. The fraction of sp³-hybridized carbons (Fsp3) is 0.658. The predicted molar refractivity (Wildman–Crippen MR) is 182 cm³/mol. The van der Waals surface area contributed by atoms with Crippen molar-refractivity contribution in [1.82, 2.24) is 9.80 Å². The molecule has 0 bridgehead atoms. The third kappa shape index (κ3) is 10.3. The highest BCUT2D eigenvalue weighted by atomic mass is 19.4. The summed E-state index contributed by atoms with van der Waals surface area (Å²) in [7, 11) is 1.64. The fourth-order valence-corrected chi connectivity index (χ4v) is 6.87. The number of hydrogen-bond donors (Lipinski definition) is 0. The summed E-state index contributed by atoms with van der Waals surface area (Å²) in [6.07, 6.45) is -1.03. The first-order valence-corrected chi connectivity index (χ1v) is 17.1. The monoisotopic (exact) mass is 676 g/mol. The van der Waals surface area contributed by atoms with Crippen molar-refractivity contribution in [2.24, 2.45) is 5.41 Å². The Morgan fingerprint density at radius 3 is 2.10 bits per heavy atom. The van der Waals surface area contributed by atoms with Gasteiger partial charge in [-0.2, -0.15) is 13.2 Å². The highest BCUT2D eigenvalue weighted by Crippen LogP contribution is 2.45. The molecule has 0 spiro atoms. The van der Waals surface area contributed by atoms with E-state index in [9.17, 15) is 18.0 Å². The van der Waals surface area contributed by atoms with Gasteiger partial charge in [0, 0.05) is 51.0 Å². The highest BCUT2D eigenvalue weighted by molar-refractivity contribution is 5.68. The maximum Gasteiger partial charge on any atom is 0.410 e. The standard InChI is InChI=1S/C38H55F3N2O5/c1-34(2,3)48-33(44)43-21-17-32(18-22-43)47-31-13-9-28(10-14-31)25-42(27-35(4,5)38(39,40)41)23-19-37(20-24-46-36(6,7)26-37)29-11-15-30(45-8)16-12-29/h9-16,32H,17-27H2,1-8H3/t37-/m1/s1. The molecule has 2 aromatic carbocycles. The molecular weight excluding hydrogens is 621 g/mol. The minimum Gasteiger partial charge on any atom is -0.497 e. The maximum absolute atomic E-state index is 14.2. The molecule has 2 aliphatic heterocycles. The third-order valence-corrected chi connectivity index (χ3v) is 9.56. The molecule has 2 fully saturated rings. The molecule has 0 unspecified atom stereocenters. The van der Waals surface area contributed by atoms with Gasteiger partial charge in [-0.15, -0.1) is 0 Å². The van der Waals surface area contributed by atoms with Gasteiger partial charge in [-0.3, -0.25) is 4.90 Å². The van der Waals surface area contributed by atoms with Gasteiger partial charge in [-0.25, -0.2) is 4.79 Å². The average molecular weight is 677 g/mol. The number of ether oxygens (including phenoxy) is 4. The first-order valence-electron chi connectivity index (χ1n) is 17.1. The van der Waals surface area contributed by atoms with E-state index >= 15 is 0 Å². The van der Waals surface area contributed by atoms with Crippen LogP contribution in [0.4, 0.5) is 18.0 Å². The van der Waals surface area contributed by atoms with Crippen molar-refractivity contribution in [3.05, 3.63) is 59.7 Å². The van der Waals surface area contributed by atoms with Crippen LogP contribution in [0.25, 0.3) is 0 Å². The topological polar surface area (TPSA) is 60.5 Å². The predicted octanol–water partition coefficient (Wildman–Crippen LogP) is 8.78. The number of benzene rings is 2. The van der Waals surface area contributed by atoms with E-state index < -0.39 is 17.2 Å². The number of methoxy groups -OCH3 is 1. The zero-order chi connectivity index (χ0) is 35.4.